The lowest BCUT2D eigenvalue weighted by Gasteiger charge is -2.09. The molecule has 0 aromatic rings. The average molecular weight is 189 g/mol. The number of hydrogen-bond donors (Lipinski definition) is 1. The van der Waals surface area contributed by atoms with E-state index < -0.39 is 0 Å². The number of hydrogen-bond acceptors (Lipinski definition) is 4. The molecular weight excluding hydrogens is 170 g/mol. The van der Waals surface area contributed by atoms with E-state index in [1.165, 1.54) is 0 Å². The molecular formula is C9H19NO3. The maximum Gasteiger partial charge on any atom is 0.319 e. The largest absolute Gasteiger partial charge is 0.465 e. The summed E-state index contributed by atoms with van der Waals surface area (Å²) in [6, 6.07) is 0. The Bertz CT molecular complexity index is 139. The molecule has 0 aromatic heterocycles. The molecule has 4 nitrogen and oxygen atoms in total. The minimum absolute atomic E-state index is 0.145. The van der Waals surface area contributed by atoms with E-state index in [0.717, 1.165) is 13.0 Å². The van der Waals surface area contributed by atoms with Gasteiger partial charge in [0.05, 0.1) is 19.3 Å². The first kappa shape index (κ1) is 12.4. The molecule has 0 aliphatic rings. The fourth-order valence-electron chi connectivity index (χ4n) is 0.735. The maximum absolute atomic E-state index is 10.9. The van der Waals surface area contributed by atoms with Gasteiger partial charge >= 0.3 is 5.97 Å². The first-order chi connectivity index (χ1) is 6.20. The normalized spacial score (nSPS) is 12.5. The minimum atomic E-state index is -0.204. The zero-order chi connectivity index (χ0) is 10.1. The summed E-state index contributed by atoms with van der Waals surface area (Å²) in [7, 11) is 1.64. The van der Waals surface area contributed by atoms with Crippen molar-refractivity contribution >= 4 is 5.97 Å². The Morgan fingerprint density at radius 1 is 1.54 bits per heavy atom. The molecule has 0 aromatic carbocycles. The van der Waals surface area contributed by atoms with Crippen molar-refractivity contribution in [3.05, 3.63) is 0 Å². The number of nitrogens with one attached hydrogen (secondary N) is 1. The molecule has 4 heteroatoms. The van der Waals surface area contributed by atoms with Gasteiger partial charge < -0.3 is 14.8 Å². The van der Waals surface area contributed by atoms with Crippen LogP contribution in [0.2, 0.25) is 0 Å². The molecule has 0 radical (unpaired) electrons. The van der Waals surface area contributed by atoms with Gasteiger partial charge in [0, 0.05) is 13.5 Å². The van der Waals surface area contributed by atoms with Crippen molar-refractivity contribution in [2.24, 2.45) is 0 Å². The first-order valence-electron chi connectivity index (χ1n) is 4.59. The summed E-state index contributed by atoms with van der Waals surface area (Å²) < 4.78 is 9.94. The highest BCUT2D eigenvalue weighted by molar-refractivity contribution is 5.71. The number of methoxy groups -OCH3 is 1. The minimum Gasteiger partial charge on any atom is -0.465 e. The van der Waals surface area contributed by atoms with Crippen LogP contribution in [0, 0.1) is 0 Å². The van der Waals surface area contributed by atoms with Crippen LogP contribution in [0.4, 0.5) is 0 Å². The van der Waals surface area contributed by atoms with Crippen molar-refractivity contribution in [1.29, 1.82) is 0 Å². The third-order valence-corrected chi connectivity index (χ3v) is 1.71. The molecule has 0 spiro atoms. The van der Waals surface area contributed by atoms with Crippen LogP contribution in [0.3, 0.4) is 0 Å². The molecule has 1 unspecified atom stereocenters. The molecule has 0 saturated carbocycles. The predicted molar refractivity (Wildman–Crippen MR) is 50.6 cm³/mol. The van der Waals surface area contributed by atoms with Gasteiger partial charge in [0.15, 0.2) is 0 Å². The van der Waals surface area contributed by atoms with Gasteiger partial charge in [0.2, 0.25) is 0 Å². The Hall–Kier alpha value is -0.610. The van der Waals surface area contributed by atoms with E-state index in [0.29, 0.717) is 6.61 Å². The lowest BCUT2D eigenvalue weighted by atomic mass is 10.3. The Morgan fingerprint density at radius 3 is 2.77 bits per heavy atom. The van der Waals surface area contributed by atoms with Crippen molar-refractivity contribution in [2.45, 2.75) is 26.4 Å². The maximum atomic E-state index is 10.9. The molecule has 0 heterocycles. The Balaban J connectivity index is 3.26. The van der Waals surface area contributed by atoms with Crippen molar-refractivity contribution < 1.29 is 14.3 Å². The van der Waals surface area contributed by atoms with E-state index in [2.05, 4.69) is 5.32 Å². The van der Waals surface area contributed by atoms with E-state index in [4.69, 9.17) is 9.47 Å². The number of likely N-dealkylation sites (N-methyl/N-ethyl adjacent to an activating group) is 1. The summed E-state index contributed by atoms with van der Waals surface area (Å²) in [4.78, 5) is 10.9. The second kappa shape index (κ2) is 8.01. The van der Waals surface area contributed by atoms with E-state index >= 15 is 0 Å². The molecule has 0 amide bonds. The van der Waals surface area contributed by atoms with Gasteiger partial charge in [-0.15, -0.1) is 0 Å². The van der Waals surface area contributed by atoms with Gasteiger partial charge in [-0.1, -0.05) is 6.92 Å². The number of ether oxygens (including phenoxy) is 2. The summed E-state index contributed by atoms with van der Waals surface area (Å²) in [5, 5.41) is 2.89. The van der Waals surface area contributed by atoms with Crippen LogP contribution in [0.1, 0.15) is 20.3 Å². The van der Waals surface area contributed by atoms with Crippen molar-refractivity contribution in [3.63, 3.8) is 0 Å². The zero-order valence-corrected chi connectivity index (χ0v) is 8.63. The van der Waals surface area contributed by atoms with Crippen LogP contribution in [0.5, 0.6) is 0 Å². The number of carbonyl (C=O) groups is 1. The Morgan fingerprint density at radius 2 is 2.23 bits per heavy atom. The van der Waals surface area contributed by atoms with Gasteiger partial charge in [-0.05, 0) is 13.5 Å². The zero-order valence-electron chi connectivity index (χ0n) is 8.63. The highest BCUT2D eigenvalue weighted by Gasteiger charge is 2.03. The molecule has 1 atom stereocenters. The Kier molecular flexibility index (Phi) is 7.63. The molecule has 1 N–H and O–H groups in total. The van der Waals surface area contributed by atoms with Crippen molar-refractivity contribution in [2.75, 3.05) is 26.8 Å². The van der Waals surface area contributed by atoms with Crippen molar-refractivity contribution in [3.8, 4) is 0 Å². The van der Waals surface area contributed by atoms with E-state index in [-0.39, 0.29) is 18.6 Å². The molecule has 78 valence electrons. The standard InChI is InChI=1S/C9H19NO3/c1-4-10-7-9(11)13-6-5-8(2)12-3/h8,10H,4-7H2,1-3H3. The number of carbonyl (C=O) groups excluding carboxylic acids is 1. The van der Waals surface area contributed by atoms with Crippen LogP contribution in [-0.2, 0) is 14.3 Å². The summed E-state index contributed by atoms with van der Waals surface area (Å²) in [6.45, 7) is 5.39. The van der Waals surface area contributed by atoms with Gasteiger partial charge in [-0.25, -0.2) is 0 Å². The third kappa shape index (κ3) is 7.74. The highest BCUT2D eigenvalue weighted by atomic mass is 16.5. The van der Waals surface area contributed by atoms with Crippen LogP contribution in [0.25, 0.3) is 0 Å². The topological polar surface area (TPSA) is 47.6 Å². The smallest absolute Gasteiger partial charge is 0.319 e. The van der Waals surface area contributed by atoms with Crippen LogP contribution in [0.15, 0.2) is 0 Å². The summed E-state index contributed by atoms with van der Waals surface area (Å²) in [5.41, 5.74) is 0. The average Bonchev–Trinajstić information content (AvgIpc) is 2.14. The van der Waals surface area contributed by atoms with Crippen molar-refractivity contribution in [1.82, 2.24) is 5.32 Å². The molecule has 0 saturated heterocycles. The quantitative estimate of drug-likeness (QED) is 0.595. The molecule has 0 fully saturated rings. The summed E-state index contributed by atoms with van der Waals surface area (Å²) in [5.74, 6) is -0.204. The van der Waals surface area contributed by atoms with E-state index in [1.54, 1.807) is 7.11 Å². The first-order valence-corrected chi connectivity index (χ1v) is 4.59. The number of esters is 1. The second-order valence-corrected chi connectivity index (χ2v) is 2.84. The van der Waals surface area contributed by atoms with Crippen LogP contribution < -0.4 is 5.32 Å². The van der Waals surface area contributed by atoms with E-state index in [1.807, 2.05) is 13.8 Å². The number of rotatable bonds is 7. The SMILES string of the molecule is CCNCC(=O)OCCC(C)OC. The fourth-order valence-corrected chi connectivity index (χ4v) is 0.735. The van der Waals surface area contributed by atoms with Gasteiger partial charge in [-0.2, -0.15) is 0 Å². The highest BCUT2D eigenvalue weighted by Crippen LogP contribution is 1.95. The summed E-state index contributed by atoms with van der Waals surface area (Å²) >= 11 is 0. The van der Waals surface area contributed by atoms with Gasteiger partial charge in [0.25, 0.3) is 0 Å². The molecule has 0 rings (SSSR count). The lowest BCUT2D eigenvalue weighted by Crippen LogP contribution is -2.25. The van der Waals surface area contributed by atoms with E-state index in [9.17, 15) is 4.79 Å². The summed E-state index contributed by atoms with van der Waals surface area (Å²) in [6.07, 6.45) is 0.890. The second-order valence-electron chi connectivity index (χ2n) is 2.84. The lowest BCUT2D eigenvalue weighted by molar-refractivity contribution is -0.143. The third-order valence-electron chi connectivity index (χ3n) is 1.71. The monoisotopic (exact) mass is 189 g/mol. The molecule has 0 bridgehead atoms. The van der Waals surface area contributed by atoms with Gasteiger partial charge in [-0.3, -0.25) is 4.79 Å². The predicted octanol–water partition coefficient (Wildman–Crippen LogP) is 0.564. The Labute approximate surface area is 79.6 Å². The molecule has 13 heavy (non-hydrogen) atoms. The fraction of sp³-hybridized carbons (Fsp3) is 0.889. The van der Waals surface area contributed by atoms with Gasteiger partial charge in [0.1, 0.15) is 0 Å². The molecule has 0 aliphatic heterocycles. The molecule has 0 aliphatic carbocycles. The van der Waals surface area contributed by atoms with Crippen LogP contribution >= 0.6 is 0 Å². The van der Waals surface area contributed by atoms with Crippen LogP contribution in [-0.4, -0.2) is 38.9 Å².